The first-order chi connectivity index (χ1) is 13.9. The molecule has 1 N–H and O–H groups in total. The van der Waals surface area contributed by atoms with Crippen LogP contribution in [0.5, 0.6) is 0 Å². The van der Waals surface area contributed by atoms with Crippen molar-refractivity contribution in [3.8, 4) is 0 Å². The molecule has 0 spiro atoms. The minimum absolute atomic E-state index is 0. The molecule has 9 heteroatoms. The van der Waals surface area contributed by atoms with Gasteiger partial charge in [0.05, 0.1) is 5.69 Å². The Morgan fingerprint density at radius 2 is 1.90 bits per heavy atom. The maximum absolute atomic E-state index is 11.3. The third-order valence-corrected chi connectivity index (χ3v) is 6.86. The lowest BCUT2D eigenvalue weighted by molar-refractivity contribution is -0.138. The normalized spacial score (nSPS) is 11.2. The van der Waals surface area contributed by atoms with E-state index in [1.54, 1.807) is 13.8 Å². The molecule has 0 amide bonds. The van der Waals surface area contributed by atoms with Crippen LogP contribution in [0.25, 0.3) is 0 Å². The van der Waals surface area contributed by atoms with Crippen LogP contribution in [0.15, 0.2) is 22.1 Å². The van der Waals surface area contributed by atoms with Crippen molar-refractivity contribution in [2.75, 3.05) is 18.0 Å². The standard InChI is InChI=1S/C21H32N4O2S2.BrH/c1-5-7-8-9-11-25(19-22-13-16(6-2)14-23-19)12-10-17-15-28-20(24-17)29-21(3,4)18(26)27;/h13-15H,5-12H2,1-4H3,(H,26,27);1H. The molecule has 2 rings (SSSR count). The van der Waals surface area contributed by atoms with Gasteiger partial charge in [-0.1, -0.05) is 44.9 Å². The number of rotatable bonds is 13. The number of halogens is 1. The predicted octanol–water partition coefficient (Wildman–Crippen LogP) is 2.20. The second-order valence-electron chi connectivity index (χ2n) is 7.56. The zero-order chi connectivity index (χ0) is 21.3. The van der Waals surface area contributed by atoms with Crippen LogP contribution in [-0.2, 0) is 17.6 Å². The number of thiazole rings is 1. The molecule has 0 aromatic carbocycles. The van der Waals surface area contributed by atoms with E-state index < -0.39 is 10.7 Å². The van der Waals surface area contributed by atoms with Gasteiger partial charge in [0.1, 0.15) is 4.75 Å². The average Bonchev–Trinajstić information content (AvgIpc) is 3.14. The summed E-state index contributed by atoms with van der Waals surface area (Å²) in [5, 5.41) is 11.3. The van der Waals surface area contributed by atoms with E-state index in [4.69, 9.17) is 0 Å². The van der Waals surface area contributed by atoms with Crippen molar-refractivity contribution < 1.29 is 28.3 Å². The quantitative estimate of drug-likeness (QED) is 0.322. The molecule has 0 bridgehead atoms. The first-order valence-electron chi connectivity index (χ1n) is 10.3. The van der Waals surface area contributed by atoms with E-state index in [1.165, 1.54) is 42.4 Å². The maximum Gasteiger partial charge on any atom is 1.00 e. The van der Waals surface area contributed by atoms with E-state index in [0.29, 0.717) is 0 Å². The predicted molar refractivity (Wildman–Crippen MR) is 122 cm³/mol. The first kappa shape index (κ1) is 26.8. The molecule has 2 aromatic heterocycles. The topological polar surface area (TPSA) is 79.2 Å². The van der Waals surface area contributed by atoms with Gasteiger partial charge in [0.25, 0.3) is 0 Å². The van der Waals surface area contributed by atoms with E-state index in [0.717, 1.165) is 53.9 Å². The van der Waals surface area contributed by atoms with Crippen LogP contribution < -0.4 is 21.9 Å². The molecule has 0 saturated heterocycles. The maximum atomic E-state index is 11.3. The van der Waals surface area contributed by atoms with Crippen molar-refractivity contribution in [1.29, 1.82) is 0 Å². The van der Waals surface area contributed by atoms with Gasteiger partial charge in [0.15, 0.2) is 4.34 Å². The first-order valence-corrected chi connectivity index (χ1v) is 12.0. The van der Waals surface area contributed by atoms with Gasteiger partial charge in [-0.3, -0.25) is 4.79 Å². The van der Waals surface area contributed by atoms with Gasteiger partial charge in [-0.05, 0) is 32.3 Å². The Labute approximate surface area is 200 Å². The van der Waals surface area contributed by atoms with E-state index in [1.807, 2.05) is 17.8 Å². The Hall–Kier alpha value is -1.19. The summed E-state index contributed by atoms with van der Waals surface area (Å²) in [4.78, 5) is 27.3. The van der Waals surface area contributed by atoms with Crippen LogP contribution in [0.2, 0.25) is 0 Å². The minimum Gasteiger partial charge on any atom is -1.00 e. The van der Waals surface area contributed by atoms with Crippen LogP contribution in [-0.4, -0.2) is 43.9 Å². The van der Waals surface area contributed by atoms with Crippen LogP contribution in [0.1, 0.15) is 66.1 Å². The van der Waals surface area contributed by atoms with Crippen molar-refractivity contribution in [1.82, 2.24) is 15.0 Å². The fourth-order valence-electron chi connectivity index (χ4n) is 2.70. The number of thioether (sulfide) groups is 1. The third-order valence-electron chi connectivity index (χ3n) is 4.69. The molecule has 168 valence electrons. The van der Waals surface area contributed by atoms with Gasteiger partial charge < -0.3 is 27.0 Å². The monoisotopic (exact) mass is 516 g/mol. The summed E-state index contributed by atoms with van der Waals surface area (Å²) >= 11 is 2.81. The molecule has 0 unspecified atom stereocenters. The van der Waals surface area contributed by atoms with E-state index in [9.17, 15) is 9.90 Å². The van der Waals surface area contributed by atoms with Crippen LogP contribution in [0.4, 0.5) is 5.95 Å². The largest absolute Gasteiger partial charge is 1.00 e. The van der Waals surface area contributed by atoms with Gasteiger partial charge >= 0.3 is 7.40 Å². The Bertz CT molecular complexity index is 775. The Morgan fingerprint density at radius 1 is 1.20 bits per heavy atom. The number of hydrogen-bond acceptors (Lipinski definition) is 7. The Balaban J connectivity index is 0.00000450. The van der Waals surface area contributed by atoms with E-state index in [-0.39, 0.29) is 18.4 Å². The summed E-state index contributed by atoms with van der Waals surface area (Å²) in [6.07, 6.45) is 10.3. The summed E-state index contributed by atoms with van der Waals surface area (Å²) in [7, 11) is 0. The van der Waals surface area contributed by atoms with Gasteiger partial charge in [-0.15, -0.1) is 11.3 Å². The SMILES string of the molecule is CCCCCCN(CCc1csc(SC(C)(C)C(=O)O)n1)c1ncc(CC)cn1.[Br-].[H+]. The zero-order valence-corrected chi connectivity index (χ0v) is 21.4. The highest BCUT2D eigenvalue weighted by Crippen LogP contribution is 2.34. The molecule has 0 aliphatic carbocycles. The smallest absolute Gasteiger partial charge is 1.00 e. The number of anilines is 1. The highest BCUT2D eigenvalue weighted by atomic mass is 79.9. The van der Waals surface area contributed by atoms with Gasteiger partial charge in [-0.25, -0.2) is 15.0 Å². The van der Waals surface area contributed by atoms with Crippen molar-refractivity contribution in [2.45, 2.75) is 75.3 Å². The molecule has 0 atom stereocenters. The molecule has 0 radical (unpaired) electrons. The molecule has 0 aliphatic heterocycles. The number of hydrogen-bond donors (Lipinski definition) is 1. The van der Waals surface area contributed by atoms with E-state index in [2.05, 4.69) is 33.7 Å². The molecule has 30 heavy (non-hydrogen) atoms. The Kier molecular flexibility index (Phi) is 11.9. The van der Waals surface area contributed by atoms with Gasteiger partial charge in [0.2, 0.25) is 5.95 Å². The molecular weight excluding hydrogens is 484 g/mol. The molecule has 0 fully saturated rings. The highest BCUT2D eigenvalue weighted by Gasteiger charge is 2.29. The molecule has 2 heterocycles. The number of carboxylic acids is 1. The van der Waals surface area contributed by atoms with Crippen molar-refractivity contribution in [3.05, 3.63) is 29.0 Å². The number of carbonyl (C=O) groups is 1. The Morgan fingerprint density at radius 3 is 2.50 bits per heavy atom. The number of aromatic nitrogens is 3. The average molecular weight is 518 g/mol. The molecule has 2 aromatic rings. The molecular formula is C21H33BrN4O2S2. The third kappa shape index (κ3) is 8.51. The summed E-state index contributed by atoms with van der Waals surface area (Å²) in [6.45, 7) is 9.46. The second-order valence-corrected chi connectivity index (χ2v) is 10.3. The number of carboxylic acid groups (broad SMARTS) is 1. The van der Waals surface area contributed by atoms with Crippen molar-refractivity contribution in [2.24, 2.45) is 0 Å². The van der Waals surface area contributed by atoms with Crippen LogP contribution in [0.3, 0.4) is 0 Å². The summed E-state index contributed by atoms with van der Waals surface area (Å²) in [5.41, 5.74) is 2.13. The van der Waals surface area contributed by atoms with Gasteiger partial charge in [-0.2, -0.15) is 0 Å². The lowest BCUT2D eigenvalue weighted by Crippen LogP contribution is -3.00. The summed E-state index contributed by atoms with van der Waals surface area (Å²) in [6, 6.07) is 0. The number of aryl methyl sites for hydroxylation is 1. The number of nitrogens with zero attached hydrogens (tertiary/aromatic N) is 4. The van der Waals surface area contributed by atoms with E-state index >= 15 is 0 Å². The fraction of sp³-hybridized carbons (Fsp3) is 0.619. The van der Waals surface area contributed by atoms with Crippen molar-refractivity contribution in [3.63, 3.8) is 0 Å². The summed E-state index contributed by atoms with van der Waals surface area (Å²) in [5.74, 6) is -0.0549. The minimum atomic E-state index is -0.880. The van der Waals surface area contributed by atoms with Crippen LogP contribution >= 0.6 is 23.1 Å². The van der Waals surface area contributed by atoms with Crippen molar-refractivity contribution >= 4 is 35.0 Å². The molecule has 0 saturated carbocycles. The molecule has 0 aliphatic rings. The van der Waals surface area contributed by atoms with Gasteiger partial charge in [0, 0.05) is 37.3 Å². The fourth-order valence-corrected chi connectivity index (χ4v) is 4.92. The molecule has 6 nitrogen and oxygen atoms in total. The number of aliphatic carboxylic acids is 1. The highest BCUT2D eigenvalue weighted by molar-refractivity contribution is 8.02. The zero-order valence-electron chi connectivity index (χ0n) is 19.2. The number of unbranched alkanes of at least 4 members (excludes halogenated alkanes) is 3. The summed E-state index contributed by atoms with van der Waals surface area (Å²) < 4.78 is -0.0830. The lowest BCUT2D eigenvalue weighted by atomic mass is 10.2. The van der Waals surface area contributed by atoms with Crippen LogP contribution in [0, 0.1) is 0 Å². The second kappa shape index (κ2) is 13.3. The lowest BCUT2D eigenvalue weighted by Gasteiger charge is -2.22.